The highest BCUT2D eigenvalue weighted by Crippen LogP contribution is 2.21. The van der Waals surface area contributed by atoms with Gasteiger partial charge in [-0.1, -0.05) is 43.3 Å². The van der Waals surface area contributed by atoms with Gasteiger partial charge in [-0.05, 0) is 29.5 Å². The smallest absolute Gasteiger partial charge is 0.193 e. The van der Waals surface area contributed by atoms with Gasteiger partial charge in [-0.25, -0.2) is 0 Å². The van der Waals surface area contributed by atoms with Crippen molar-refractivity contribution in [2.45, 2.75) is 19.9 Å². The summed E-state index contributed by atoms with van der Waals surface area (Å²) < 4.78 is 1.98. The number of hydrogen-bond acceptors (Lipinski definition) is 2. The van der Waals surface area contributed by atoms with Crippen LogP contribution in [0.4, 0.5) is 0 Å². The number of halogens is 1. The Morgan fingerprint density at radius 2 is 2.08 bits per heavy atom. The molecule has 0 fully saturated rings. The minimum atomic E-state index is 0. The van der Waals surface area contributed by atoms with Gasteiger partial charge >= 0.3 is 0 Å². The lowest BCUT2D eigenvalue weighted by Gasteiger charge is -2.30. The number of hydrogen-bond donors (Lipinski definition) is 1. The van der Waals surface area contributed by atoms with Gasteiger partial charge in [0, 0.05) is 45.6 Å². The summed E-state index contributed by atoms with van der Waals surface area (Å²) in [4.78, 5) is 6.77. The molecular formula is C20H28IN5. The number of nitrogens with zero attached hydrogens (tertiary/aromatic N) is 4. The van der Waals surface area contributed by atoms with Crippen LogP contribution in [0.3, 0.4) is 0 Å². The average molecular weight is 465 g/mol. The van der Waals surface area contributed by atoms with Crippen LogP contribution in [0.25, 0.3) is 5.57 Å². The Morgan fingerprint density at radius 1 is 1.27 bits per heavy atom. The van der Waals surface area contributed by atoms with Crippen LogP contribution in [-0.2, 0) is 6.54 Å². The summed E-state index contributed by atoms with van der Waals surface area (Å²) in [5.74, 6) is 1.47. The second kappa shape index (κ2) is 10.4. The van der Waals surface area contributed by atoms with Crippen molar-refractivity contribution in [2.75, 3.05) is 26.7 Å². The summed E-state index contributed by atoms with van der Waals surface area (Å²) in [6, 6.07) is 12.6. The van der Waals surface area contributed by atoms with Crippen LogP contribution in [0.1, 0.15) is 18.9 Å². The Balaban J connectivity index is 0.00000243. The first-order chi connectivity index (χ1) is 12.3. The SMILES string of the molecule is CN=C(NCC(C)Cn1cccn1)N1CC=C(c2ccccc2)CC1.I. The van der Waals surface area contributed by atoms with Crippen molar-refractivity contribution in [3.05, 3.63) is 60.4 Å². The second-order valence-electron chi connectivity index (χ2n) is 6.55. The molecule has 0 aliphatic carbocycles. The third kappa shape index (κ3) is 5.59. The third-order valence-corrected chi connectivity index (χ3v) is 4.53. The summed E-state index contributed by atoms with van der Waals surface area (Å²) in [5, 5.41) is 7.78. The molecule has 1 aliphatic heterocycles. The van der Waals surface area contributed by atoms with Crippen molar-refractivity contribution in [3.63, 3.8) is 0 Å². The van der Waals surface area contributed by atoms with E-state index in [1.807, 2.05) is 30.2 Å². The molecule has 2 heterocycles. The van der Waals surface area contributed by atoms with E-state index < -0.39 is 0 Å². The van der Waals surface area contributed by atoms with Gasteiger partial charge in [-0.2, -0.15) is 5.10 Å². The molecular weight excluding hydrogens is 437 g/mol. The molecule has 1 aliphatic rings. The molecule has 1 aromatic heterocycles. The fourth-order valence-electron chi connectivity index (χ4n) is 3.17. The van der Waals surface area contributed by atoms with E-state index in [4.69, 9.17) is 0 Å². The van der Waals surface area contributed by atoms with Crippen LogP contribution < -0.4 is 5.32 Å². The van der Waals surface area contributed by atoms with Crippen molar-refractivity contribution in [3.8, 4) is 0 Å². The van der Waals surface area contributed by atoms with E-state index in [9.17, 15) is 0 Å². The Hall–Kier alpha value is -1.83. The molecule has 1 atom stereocenters. The number of rotatable bonds is 5. The Labute approximate surface area is 173 Å². The highest BCUT2D eigenvalue weighted by Gasteiger charge is 2.16. The summed E-state index contributed by atoms with van der Waals surface area (Å²) in [7, 11) is 1.86. The Morgan fingerprint density at radius 3 is 2.69 bits per heavy atom. The number of guanidine groups is 1. The van der Waals surface area contributed by atoms with Gasteiger partial charge in [0.15, 0.2) is 5.96 Å². The maximum Gasteiger partial charge on any atom is 0.193 e. The molecule has 1 N–H and O–H groups in total. The minimum Gasteiger partial charge on any atom is -0.356 e. The first kappa shape index (κ1) is 20.5. The average Bonchev–Trinajstić information content (AvgIpc) is 3.16. The van der Waals surface area contributed by atoms with Crippen molar-refractivity contribution in [1.82, 2.24) is 20.0 Å². The summed E-state index contributed by atoms with van der Waals surface area (Å²) >= 11 is 0. The van der Waals surface area contributed by atoms with Gasteiger partial charge in [0.25, 0.3) is 0 Å². The minimum absolute atomic E-state index is 0. The van der Waals surface area contributed by atoms with Crippen LogP contribution in [0.15, 0.2) is 59.9 Å². The van der Waals surface area contributed by atoms with Crippen LogP contribution >= 0.6 is 24.0 Å². The Kier molecular flexibility index (Phi) is 8.15. The van der Waals surface area contributed by atoms with Crippen molar-refractivity contribution in [2.24, 2.45) is 10.9 Å². The zero-order valence-corrected chi connectivity index (χ0v) is 17.8. The maximum atomic E-state index is 4.46. The highest BCUT2D eigenvalue weighted by atomic mass is 127. The maximum absolute atomic E-state index is 4.46. The lowest BCUT2D eigenvalue weighted by atomic mass is 10.00. The quantitative estimate of drug-likeness (QED) is 0.418. The predicted molar refractivity (Wildman–Crippen MR) is 119 cm³/mol. The summed E-state index contributed by atoms with van der Waals surface area (Å²) in [5.41, 5.74) is 2.76. The van der Waals surface area contributed by atoms with E-state index in [0.29, 0.717) is 5.92 Å². The van der Waals surface area contributed by atoms with Crippen LogP contribution in [0, 0.1) is 5.92 Å². The lowest BCUT2D eigenvalue weighted by Crippen LogP contribution is -2.45. The topological polar surface area (TPSA) is 45.5 Å². The number of nitrogens with one attached hydrogen (secondary N) is 1. The molecule has 0 amide bonds. The first-order valence-electron chi connectivity index (χ1n) is 8.93. The molecule has 0 radical (unpaired) electrons. The molecule has 1 unspecified atom stereocenters. The van der Waals surface area contributed by atoms with E-state index in [2.05, 4.69) is 63.6 Å². The molecule has 6 heteroatoms. The summed E-state index contributed by atoms with van der Waals surface area (Å²) in [6.45, 7) is 5.92. The summed E-state index contributed by atoms with van der Waals surface area (Å²) in [6.07, 6.45) is 7.20. The van der Waals surface area contributed by atoms with E-state index in [1.165, 1.54) is 11.1 Å². The van der Waals surface area contributed by atoms with Gasteiger partial charge in [0.1, 0.15) is 0 Å². The van der Waals surface area contributed by atoms with Gasteiger partial charge in [0.05, 0.1) is 0 Å². The van der Waals surface area contributed by atoms with Crippen molar-refractivity contribution in [1.29, 1.82) is 0 Å². The van der Waals surface area contributed by atoms with Gasteiger partial charge in [-0.15, -0.1) is 24.0 Å². The van der Waals surface area contributed by atoms with Crippen molar-refractivity contribution < 1.29 is 0 Å². The molecule has 0 saturated carbocycles. The molecule has 3 rings (SSSR count). The van der Waals surface area contributed by atoms with E-state index in [1.54, 1.807) is 0 Å². The fraction of sp³-hybridized carbons (Fsp3) is 0.400. The normalized spacial score (nSPS) is 15.8. The predicted octanol–water partition coefficient (Wildman–Crippen LogP) is 3.50. The molecule has 2 aromatic rings. The van der Waals surface area contributed by atoms with E-state index in [-0.39, 0.29) is 24.0 Å². The number of aliphatic imine (C=N–C) groups is 1. The number of aromatic nitrogens is 2. The van der Waals surface area contributed by atoms with Crippen LogP contribution in [-0.4, -0.2) is 47.3 Å². The number of benzene rings is 1. The van der Waals surface area contributed by atoms with E-state index in [0.717, 1.165) is 38.6 Å². The lowest BCUT2D eigenvalue weighted by molar-refractivity contribution is 0.410. The highest BCUT2D eigenvalue weighted by molar-refractivity contribution is 14.0. The monoisotopic (exact) mass is 465 g/mol. The molecule has 140 valence electrons. The van der Waals surface area contributed by atoms with Crippen LogP contribution in [0.5, 0.6) is 0 Å². The van der Waals surface area contributed by atoms with Crippen LogP contribution in [0.2, 0.25) is 0 Å². The molecule has 0 spiro atoms. The zero-order valence-electron chi connectivity index (χ0n) is 15.5. The molecule has 0 saturated heterocycles. The molecule has 26 heavy (non-hydrogen) atoms. The van der Waals surface area contributed by atoms with Crippen molar-refractivity contribution >= 4 is 35.5 Å². The standard InChI is InChI=1S/C20H27N5.HI/c1-17(16-25-12-6-11-23-25)15-22-20(21-2)24-13-9-19(10-14-24)18-7-4-3-5-8-18;/h3-9,11-12,17H,10,13-16H2,1-2H3,(H,21,22);1H. The largest absolute Gasteiger partial charge is 0.356 e. The van der Waals surface area contributed by atoms with Gasteiger partial charge < -0.3 is 10.2 Å². The second-order valence-corrected chi connectivity index (χ2v) is 6.55. The molecule has 5 nitrogen and oxygen atoms in total. The van der Waals surface area contributed by atoms with Gasteiger partial charge in [-0.3, -0.25) is 9.67 Å². The fourth-order valence-corrected chi connectivity index (χ4v) is 3.17. The molecule has 1 aromatic carbocycles. The van der Waals surface area contributed by atoms with Gasteiger partial charge in [0.2, 0.25) is 0 Å². The molecule has 0 bridgehead atoms. The Bertz CT molecular complexity index is 709. The zero-order chi connectivity index (χ0) is 17.5. The third-order valence-electron chi connectivity index (χ3n) is 4.53. The first-order valence-corrected chi connectivity index (χ1v) is 8.93. The van der Waals surface area contributed by atoms with E-state index >= 15 is 0 Å².